The van der Waals surface area contributed by atoms with Gasteiger partial charge in [-0.05, 0) is 30.5 Å². The molecule has 1 amide bonds. The largest absolute Gasteiger partial charge is 0.459 e. The average Bonchev–Trinajstić information content (AvgIpc) is 3.06. The molecule has 2 rings (SSSR count). The normalized spacial score (nSPS) is 11.9. The lowest BCUT2D eigenvalue weighted by Crippen LogP contribution is -2.34. The molecule has 0 radical (unpaired) electrons. The summed E-state index contributed by atoms with van der Waals surface area (Å²) < 4.78 is 5.45. The van der Waals surface area contributed by atoms with E-state index in [0.29, 0.717) is 24.0 Å². The third kappa shape index (κ3) is 6.42. The van der Waals surface area contributed by atoms with Gasteiger partial charge in [0.2, 0.25) is 0 Å². The lowest BCUT2D eigenvalue weighted by molar-refractivity contribution is 0.0756. The molecule has 0 aliphatic rings. The molecule has 0 saturated heterocycles. The minimum absolute atomic E-state index is 0. The summed E-state index contributed by atoms with van der Waals surface area (Å²) in [7, 11) is 1.80. The van der Waals surface area contributed by atoms with Gasteiger partial charge in [0.15, 0.2) is 5.76 Å². The van der Waals surface area contributed by atoms with Crippen LogP contribution in [-0.4, -0.2) is 30.4 Å². The first kappa shape index (κ1) is 21.6. The van der Waals surface area contributed by atoms with Crippen molar-refractivity contribution in [3.8, 4) is 0 Å². The van der Waals surface area contributed by atoms with Gasteiger partial charge in [-0.3, -0.25) is 4.79 Å². The second-order valence-electron chi connectivity index (χ2n) is 6.30. The van der Waals surface area contributed by atoms with Crippen LogP contribution in [0, 0.1) is 5.92 Å². The van der Waals surface area contributed by atoms with E-state index in [1.165, 1.54) is 4.90 Å². The highest BCUT2D eigenvalue weighted by Crippen LogP contribution is 2.25. The predicted octanol–water partition coefficient (Wildman–Crippen LogP) is 4.44. The molecule has 1 heterocycles. The van der Waals surface area contributed by atoms with Crippen molar-refractivity contribution in [2.45, 2.75) is 37.0 Å². The van der Waals surface area contributed by atoms with E-state index in [0.717, 1.165) is 12.0 Å². The van der Waals surface area contributed by atoms with Crippen LogP contribution in [0.15, 0.2) is 52.0 Å². The molecule has 0 aliphatic carbocycles. The molecule has 0 fully saturated rings. The number of rotatable bonds is 8. The third-order valence-electron chi connectivity index (χ3n) is 4.08. The summed E-state index contributed by atoms with van der Waals surface area (Å²) in [5, 5.41) is 0. The Labute approximate surface area is 160 Å². The molecule has 2 N–H and O–H groups in total. The van der Waals surface area contributed by atoms with Gasteiger partial charge >= 0.3 is 0 Å². The van der Waals surface area contributed by atoms with Crippen LogP contribution >= 0.6 is 24.2 Å². The van der Waals surface area contributed by atoms with E-state index in [2.05, 4.69) is 26.0 Å². The number of carbonyl (C=O) groups excluding carboxylic acids is 1. The summed E-state index contributed by atoms with van der Waals surface area (Å²) in [6.07, 6.45) is 2.37. The molecule has 25 heavy (non-hydrogen) atoms. The Kier molecular flexibility index (Phi) is 9.11. The zero-order valence-electron chi connectivity index (χ0n) is 15.0. The molecule has 6 heteroatoms. The van der Waals surface area contributed by atoms with Crippen molar-refractivity contribution in [1.29, 1.82) is 0 Å². The Bertz CT molecular complexity index is 646. The lowest BCUT2D eigenvalue weighted by atomic mass is 10.0. The standard InChI is InChI=1S/C19H26N2O2S.ClH/c1-14(2)17(20)9-11-21(3)19(22)18-15(10-12-23-18)13-24-16-7-5-4-6-8-16;/h4-8,10,12,14,17H,9,11,13,20H2,1-3H3;1H. The molecule has 1 aromatic heterocycles. The fourth-order valence-electron chi connectivity index (χ4n) is 2.27. The average molecular weight is 383 g/mol. The van der Waals surface area contributed by atoms with Crippen molar-refractivity contribution < 1.29 is 9.21 Å². The maximum Gasteiger partial charge on any atom is 0.289 e. The molecule has 2 aromatic rings. The van der Waals surface area contributed by atoms with E-state index < -0.39 is 0 Å². The van der Waals surface area contributed by atoms with Crippen molar-refractivity contribution in [3.63, 3.8) is 0 Å². The molecule has 1 unspecified atom stereocenters. The monoisotopic (exact) mass is 382 g/mol. The first-order valence-corrected chi connectivity index (χ1v) is 9.23. The van der Waals surface area contributed by atoms with E-state index >= 15 is 0 Å². The van der Waals surface area contributed by atoms with Gasteiger partial charge in [0.1, 0.15) is 0 Å². The van der Waals surface area contributed by atoms with E-state index in [1.54, 1.807) is 30.0 Å². The number of amides is 1. The molecule has 0 aliphatic heterocycles. The van der Waals surface area contributed by atoms with Crippen LogP contribution in [0.1, 0.15) is 36.4 Å². The molecule has 0 bridgehead atoms. The smallest absolute Gasteiger partial charge is 0.289 e. The topological polar surface area (TPSA) is 59.5 Å². The molecule has 1 atom stereocenters. The number of halogens is 1. The second-order valence-corrected chi connectivity index (χ2v) is 7.35. The fourth-order valence-corrected chi connectivity index (χ4v) is 3.16. The van der Waals surface area contributed by atoms with Crippen LogP contribution in [0.5, 0.6) is 0 Å². The Hall–Kier alpha value is -1.43. The quantitative estimate of drug-likeness (QED) is 0.685. The molecular weight excluding hydrogens is 356 g/mol. The third-order valence-corrected chi connectivity index (χ3v) is 5.14. The number of hydrogen-bond acceptors (Lipinski definition) is 4. The van der Waals surface area contributed by atoms with Crippen LogP contribution < -0.4 is 5.73 Å². The van der Waals surface area contributed by atoms with E-state index in [9.17, 15) is 4.79 Å². The predicted molar refractivity (Wildman–Crippen MR) is 106 cm³/mol. The summed E-state index contributed by atoms with van der Waals surface area (Å²) in [5.41, 5.74) is 6.99. The van der Waals surface area contributed by atoms with Crippen LogP contribution in [-0.2, 0) is 5.75 Å². The van der Waals surface area contributed by atoms with Crippen LogP contribution in [0.2, 0.25) is 0 Å². The summed E-state index contributed by atoms with van der Waals surface area (Å²) in [4.78, 5) is 15.5. The highest BCUT2D eigenvalue weighted by Gasteiger charge is 2.20. The molecule has 4 nitrogen and oxygen atoms in total. The summed E-state index contributed by atoms with van der Waals surface area (Å²) in [6, 6.07) is 12.1. The van der Waals surface area contributed by atoms with Crippen molar-refractivity contribution in [3.05, 3.63) is 54.0 Å². The van der Waals surface area contributed by atoms with Gasteiger partial charge in [-0.1, -0.05) is 32.0 Å². The Morgan fingerprint density at radius 3 is 2.56 bits per heavy atom. The number of carbonyl (C=O) groups is 1. The SMILES string of the molecule is CC(C)C(N)CCN(C)C(=O)c1occc1CSc1ccccc1.Cl. The zero-order chi connectivity index (χ0) is 17.5. The van der Waals surface area contributed by atoms with Crippen LogP contribution in [0.4, 0.5) is 0 Å². The molecule has 1 aromatic carbocycles. The number of hydrogen-bond donors (Lipinski definition) is 1. The van der Waals surface area contributed by atoms with Gasteiger partial charge < -0.3 is 15.1 Å². The minimum atomic E-state index is -0.0837. The maximum atomic E-state index is 12.6. The molecular formula is C19H27ClN2O2S. The highest BCUT2D eigenvalue weighted by molar-refractivity contribution is 7.98. The minimum Gasteiger partial charge on any atom is -0.459 e. The Morgan fingerprint density at radius 2 is 1.92 bits per heavy atom. The summed E-state index contributed by atoms with van der Waals surface area (Å²) in [5.74, 6) is 1.47. The van der Waals surface area contributed by atoms with Gasteiger partial charge in [-0.25, -0.2) is 0 Å². The number of nitrogens with zero attached hydrogens (tertiary/aromatic N) is 1. The molecule has 0 spiro atoms. The Balaban J connectivity index is 0.00000312. The van der Waals surface area contributed by atoms with Crippen molar-refractivity contribution in [2.75, 3.05) is 13.6 Å². The van der Waals surface area contributed by atoms with Gasteiger partial charge in [-0.15, -0.1) is 24.2 Å². The fraction of sp³-hybridized carbons (Fsp3) is 0.421. The zero-order valence-corrected chi connectivity index (χ0v) is 16.6. The van der Waals surface area contributed by atoms with Crippen molar-refractivity contribution >= 4 is 30.1 Å². The van der Waals surface area contributed by atoms with Crippen LogP contribution in [0.3, 0.4) is 0 Å². The van der Waals surface area contributed by atoms with Gasteiger partial charge in [0.25, 0.3) is 5.91 Å². The number of nitrogens with two attached hydrogens (primary N) is 1. The lowest BCUT2D eigenvalue weighted by Gasteiger charge is -2.21. The molecule has 0 saturated carbocycles. The number of benzene rings is 1. The van der Waals surface area contributed by atoms with E-state index in [-0.39, 0.29) is 24.4 Å². The highest BCUT2D eigenvalue weighted by atomic mass is 35.5. The van der Waals surface area contributed by atoms with Crippen LogP contribution in [0.25, 0.3) is 0 Å². The Morgan fingerprint density at radius 1 is 1.24 bits per heavy atom. The maximum absolute atomic E-state index is 12.6. The molecule has 138 valence electrons. The second kappa shape index (κ2) is 10.5. The van der Waals surface area contributed by atoms with E-state index in [1.807, 2.05) is 24.3 Å². The van der Waals surface area contributed by atoms with Crippen molar-refractivity contribution in [1.82, 2.24) is 4.90 Å². The summed E-state index contributed by atoms with van der Waals surface area (Å²) >= 11 is 1.69. The van der Waals surface area contributed by atoms with E-state index in [4.69, 9.17) is 10.2 Å². The first-order valence-electron chi connectivity index (χ1n) is 8.24. The van der Waals surface area contributed by atoms with Gasteiger partial charge in [-0.2, -0.15) is 0 Å². The first-order chi connectivity index (χ1) is 11.5. The number of furan rings is 1. The van der Waals surface area contributed by atoms with Gasteiger partial charge in [0.05, 0.1) is 6.26 Å². The van der Waals surface area contributed by atoms with Gasteiger partial charge in [0, 0.05) is 35.8 Å². The summed E-state index contributed by atoms with van der Waals surface area (Å²) in [6.45, 7) is 4.82. The number of thioether (sulfide) groups is 1. The van der Waals surface area contributed by atoms with Crippen molar-refractivity contribution in [2.24, 2.45) is 11.7 Å².